The van der Waals surface area contributed by atoms with E-state index in [0.29, 0.717) is 24.0 Å². The topological polar surface area (TPSA) is 56.3 Å². The second-order valence-electron chi connectivity index (χ2n) is 4.10. The van der Waals surface area contributed by atoms with Crippen LogP contribution in [0.15, 0.2) is 10.7 Å². The van der Waals surface area contributed by atoms with Crippen molar-refractivity contribution in [2.24, 2.45) is 0 Å². The molecule has 5 nitrogen and oxygen atoms in total. The summed E-state index contributed by atoms with van der Waals surface area (Å²) in [7, 11) is 1.59. The number of rotatable bonds is 3. The third-order valence-corrected chi connectivity index (χ3v) is 3.27. The minimum Gasteiger partial charge on any atom is -0.480 e. The molecule has 1 aromatic heterocycles. The van der Waals surface area contributed by atoms with Crippen molar-refractivity contribution < 1.29 is 9.47 Å². The molecule has 0 spiro atoms. The van der Waals surface area contributed by atoms with Crippen LogP contribution >= 0.6 is 15.9 Å². The Balaban J connectivity index is 2.02. The summed E-state index contributed by atoms with van der Waals surface area (Å²) in [6.07, 6.45) is 3.93. The average molecular weight is 302 g/mol. The van der Waals surface area contributed by atoms with Gasteiger partial charge in [-0.15, -0.1) is 0 Å². The number of aromatic nitrogens is 2. The van der Waals surface area contributed by atoms with Crippen molar-refractivity contribution in [2.75, 3.05) is 19.0 Å². The van der Waals surface area contributed by atoms with E-state index in [2.05, 4.69) is 38.1 Å². The molecule has 1 fully saturated rings. The maximum atomic E-state index is 5.50. The average Bonchev–Trinajstić information content (AvgIpc) is 2.32. The van der Waals surface area contributed by atoms with Gasteiger partial charge in [0.25, 0.3) is 0 Å². The quantitative estimate of drug-likeness (QED) is 0.928. The Morgan fingerprint density at radius 2 is 2.41 bits per heavy atom. The Bertz CT molecular complexity index is 389. The monoisotopic (exact) mass is 301 g/mol. The van der Waals surface area contributed by atoms with Gasteiger partial charge in [0.1, 0.15) is 0 Å². The number of hydrogen-bond donors (Lipinski definition) is 1. The lowest BCUT2D eigenvalue weighted by Crippen LogP contribution is -2.33. The van der Waals surface area contributed by atoms with Gasteiger partial charge in [0.15, 0.2) is 0 Å². The van der Waals surface area contributed by atoms with Crippen LogP contribution in [-0.2, 0) is 4.74 Å². The summed E-state index contributed by atoms with van der Waals surface area (Å²) in [6.45, 7) is 2.86. The van der Waals surface area contributed by atoms with Crippen molar-refractivity contribution in [3.63, 3.8) is 0 Å². The summed E-state index contributed by atoms with van der Waals surface area (Å²) in [4.78, 5) is 8.49. The fraction of sp³-hybridized carbons (Fsp3) is 0.636. The van der Waals surface area contributed by atoms with Crippen molar-refractivity contribution in [3.8, 4) is 5.88 Å². The van der Waals surface area contributed by atoms with Gasteiger partial charge in [-0.3, -0.25) is 0 Å². The normalized spacial score (nSPS) is 24.4. The molecule has 1 aromatic rings. The lowest BCUT2D eigenvalue weighted by Gasteiger charge is -2.27. The molecule has 1 saturated heterocycles. The predicted octanol–water partition coefficient (Wildman–Crippen LogP) is 2.23. The summed E-state index contributed by atoms with van der Waals surface area (Å²) in [5, 5.41) is 3.31. The smallest absolute Gasteiger partial charge is 0.232 e. The highest BCUT2D eigenvalue weighted by molar-refractivity contribution is 9.10. The highest BCUT2D eigenvalue weighted by Gasteiger charge is 2.20. The first kappa shape index (κ1) is 12.6. The molecule has 0 aliphatic carbocycles. The van der Waals surface area contributed by atoms with Crippen LogP contribution in [0.4, 0.5) is 5.95 Å². The number of halogens is 1. The number of ether oxygens (including phenoxy) is 2. The molecule has 0 amide bonds. The Morgan fingerprint density at radius 1 is 1.59 bits per heavy atom. The molecule has 6 heteroatoms. The molecular formula is C11H16BrN3O2. The highest BCUT2D eigenvalue weighted by atomic mass is 79.9. The van der Waals surface area contributed by atoms with Gasteiger partial charge in [0.2, 0.25) is 11.8 Å². The zero-order valence-corrected chi connectivity index (χ0v) is 11.5. The van der Waals surface area contributed by atoms with E-state index in [1.54, 1.807) is 13.3 Å². The number of nitrogens with zero attached hydrogens (tertiary/aromatic N) is 2. The Kier molecular flexibility index (Phi) is 4.17. The zero-order valence-electron chi connectivity index (χ0n) is 9.94. The molecule has 0 saturated carbocycles. The zero-order chi connectivity index (χ0) is 12.3. The van der Waals surface area contributed by atoms with E-state index in [1.807, 2.05) is 0 Å². The molecule has 2 atom stereocenters. The van der Waals surface area contributed by atoms with Crippen LogP contribution in [0.25, 0.3) is 0 Å². The van der Waals surface area contributed by atoms with Gasteiger partial charge in [0, 0.05) is 12.6 Å². The number of methoxy groups -OCH3 is 1. The first-order chi connectivity index (χ1) is 8.19. The number of hydrogen-bond acceptors (Lipinski definition) is 5. The molecule has 2 heterocycles. The molecule has 0 bridgehead atoms. The second-order valence-corrected chi connectivity index (χ2v) is 4.95. The molecule has 0 aromatic carbocycles. The molecule has 1 N–H and O–H groups in total. The fourth-order valence-corrected chi connectivity index (χ4v) is 2.23. The van der Waals surface area contributed by atoms with Crippen LogP contribution in [0, 0.1) is 0 Å². The molecule has 2 unspecified atom stereocenters. The highest BCUT2D eigenvalue weighted by Crippen LogP contribution is 2.23. The largest absolute Gasteiger partial charge is 0.480 e. The summed E-state index contributed by atoms with van der Waals surface area (Å²) in [5.74, 6) is 1.15. The lowest BCUT2D eigenvalue weighted by molar-refractivity contribution is 0.0231. The maximum absolute atomic E-state index is 5.50. The maximum Gasteiger partial charge on any atom is 0.232 e. The fourth-order valence-electron chi connectivity index (χ4n) is 1.88. The van der Waals surface area contributed by atoms with E-state index in [4.69, 9.17) is 9.47 Å². The van der Waals surface area contributed by atoms with Crippen molar-refractivity contribution in [1.82, 2.24) is 9.97 Å². The molecule has 94 valence electrons. The van der Waals surface area contributed by atoms with E-state index in [0.717, 1.165) is 23.9 Å². The van der Waals surface area contributed by atoms with Crippen LogP contribution in [-0.4, -0.2) is 35.8 Å². The Labute approximate surface area is 109 Å². The molecule has 1 aliphatic rings. The molecular weight excluding hydrogens is 286 g/mol. The first-order valence-corrected chi connectivity index (χ1v) is 6.43. The molecule has 2 rings (SSSR count). The van der Waals surface area contributed by atoms with Gasteiger partial charge < -0.3 is 14.8 Å². The third kappa shape index (κ3) is 3.29. The van der Waals surface area contributed by atoms with Crippen LogP contribution in [0.5, 0.6) is 5.88 Å². The minimum absolute atomic E-state index is 0.290. The van der Waals surface area contributed by atoms with Crippen LogP contribution in [0.3, 0.4) is 0 Å². The van der Waals surface area contributed by atoms with Crippen LogP contribution < -0.4 is 10.1 Å². The van der Waals surface area contributed by atoms with Gasteiger partial charge in [-0.1, -0.05) is 0 Å². The summed E-state index contributed by atoms with van der Waals surface area (Å²) < 4.78 is 11.4. The van der Waals surface area contributed by atoms with Gasteiger partial charge in [-0.25, -0.2) is 4.98 Å². The van der Waals surface area contributed by atoms with Gasteiger partial charge >= 0.3 is 0 Å². The van der Waals surface area contributed by atoms with Crippen molar-refractivity contribution >= 4 is 21.9 Å². The van der Waals surface area contributed by atoms with E-state index < -0.39 is 0 Å². The van der Waals surface area contributed by atoms with Gasteiger partial charge in [0.05, 0.1) is 23.9 Å². The van der Waals surface area contributed by atoms with Crippen molar-refractivity contribution in [2.45, 2.75) is 31.9 Å². The minimum atomic E-state index is 0.290. The van der Waals surface area contributed by atoms with E-state index >= 15 is 0 Å². The number of nitrogens with one attached hydrogen (secondary N) is 1. The first-order valence-electron chi connectivity index (χ1n) is 5.63. The van der Waals surface area contributed by atoms with E-state index in [9.17, 15) is 0 Å². The molecule has 17 heavy (non-hydrogen) atoms. The standard InChI is InChI=1S/C11H16BrN3O2/c1-7-5-8(3-4-17-7)14-11-13-6-9(12)10(15-11)16-2/h6-8H,3-5H2,1-2H3,(H,13,14,15). The van der Waals surface area contributed by atoms with E-state index in [1.165, 1.54) is 0 Å². The van der Waals surface area contributed by atoms with Crippen LogP contribution in [0.2, 0.25) is 0 Å². The molecule has 0 radical (unpaired) electrons. The SMILES string of the molecule is COc1nc(NC2CCOC(C)C2)ncc1Br. The van der Waals surface area contributed by atoms with Gasteiger partial charge in [-0.2, -0.15) is 4.98 Å². The Morgan fingerprint density at radius 3 is 3.12 bits per heavy atom. The molecule has 1 aliphatic heterocycles. The summed E-state index contributed by atoms with van der Waals surface area (Å²) in [5.41, 5.74) is 0. The van der Waals surface area contributed by atoms with Crippen molar-refractivity contribution in [1.29, 1.82) is 0 Å². The summed E-state index contributed by atoms with van der Waals surface area (Å²) >= 11 is 3.33. The van der Waals surface area contributed by atoms with E-state index in [-0.39, 0.29) is 0 Å². The second kappa shape index (κ2) is 5.64. The predicted molar refractivity (Wildman–Crippen MR) is 68.3 cm³/mol. The third-order valence-electron chi connectivity index (χ3n) is 2.72. The van der Waals surface area contributed by atoms with Crippen molar-refractivity contribution in [3.05, 3.63) is 10.7 Å². The summed E-state index contributed by atoms with van der Waals surface area (Å²) in [6, 6.07) is 0.365. The number of anilines is 1. The lowest BCUT2D eigenvalue weighted by atomic mass is 10.0. The van der Waals surface area contributed by atoms with Crippen LogP contribution in [0.1, 0.15) is 19.8 Å². The van der Waals surface area contributed by atoms with Gasteiger partial charge in [-0.05, 0) is 35.7 Å². The Hall–Kier alpha value is -0.880.